The Morgan fingerprint density at radius 2 is 0.552 bits per heavy atom. The first-order valence-electron chi connectivity index (χ1n) is 9.41. The first-order valence-corrected chi connectivity index (χ1v) is 9.41. The maximum absolute atomic E-state index is 3.11. The molecule has 2 heterocycles. The Bertz CT molecular complexity index is 414. The smallest absolute Gasteiger partial charge is 0.347 e. The van der Waals surface area contributed by atoms with Gasteiger partial charge in [-0.25, -0.2) is 0 Å². The van der Waals surface area contributed by atoms with Gasteiger partial charge in [-0.1, -0.05) is 0 Å². The second kappa shape index (κ2) is 15.1. The first kappa shape index (κ1) is 28.2. The van der Waals surface area contributed by atoms with E-state index in [1.165, 1.54) is 22.8 Å². The van der Waals surface area contributed by atoms with Gasteiger partial charge in [0.25, 0.3) is 0 Å². The third-order valence-electron chi connectivity index (χ3n) is 4.77. The SMILES string of the molecule is CC1=C(C)N(C)[C]N1C.CC1=C(C)N(C)[C]N1C.[CH]1[CH][CH][CH][CH]1.[CH]1[CH][CH][CH][CH]1.[Cr+2]. The van der Waals surface area contributed by atoms with Gasteiger partial charge >= 0.3 is 17.4 Å². The summed E-state index contributed by atoms with van der Waals surface area (Å²) < 4.78 is 0. The molecule has 0 unspecified atom stereocenters. The molecule has 5 heteroatoms. The summed E-state index contributed by atoms with van der Waals surface area (Å²) in [4.78, 5) is 7.98. The zero-order valence-corrected chi connectivity index (χ0v) is 20.2. The summed E-state index contributed by atoms with van der Waals surface area (Å²) in [6.07, 6.45) is 20.0. The van der Waals surface area contributed by atoms with Gasteiger partial charge in [0.1, 0.15) is 0 Å². The summed E-state index contributed by atoms with van der Waals surface area (Å²) in [6, 6.07) is 0. The molecule has 2 fully saturated rings. The molecule has 2 aliphatic heterocycles. The number of nitrogens with zero attached hydrogens (tertiary/aromatic N) is 4. The molecule has 0 aromatic rings. The van der Waals surface area contributed by atoms with Crippen LogP contribution in [-0.4, -0.2) is 47.8 Å². The summed E-state index contributed by atoms with van der Waals surface area (Å²) in [5.41, 5.74) is 5.10. The Hall–Kier alpha value is -0.788. The van der Waals surface area contributed by atoms with Crippen LogP contribution in [0.4, 0.5) is 0 Å². The van der Waals surface area contributed by atoms with E-state index in [1.807, 2.05) is 112 Å². The molecule has 0 amide bonds. The fraction of sp³-hybridized carbons (Fsp3) is 0.333. The van der Waals surface area contributed by atoms with Crippen molar-refractivity contribution in [2.45, 2.75) is 27.7 Å². The topological polar surface area (TPSA) is 13.0 Å². The van der Waals surface area contributed by atoms with E-state index >= 15 is 0 Å². The first-order chi connectivity index (χ1) is 13.3. The second-order valence-corrected chi connectivity index (χ2v) is 6.70. The molecule has 0 aromatic heterocycles. The van der Waals surface area contributed by atoms with E-state index in [-0.39, 0.29) is 17.4 Å². The van der Waals surface area contributed by atoms with Crippen LogP contribution in [-0.2, 0) is 17.4 Å². The van der Waals surface area contributed by atoms with Crippen LogP contribution >= 0.6 is 0 Å². The van der Waals surface area contributed by atoms with E-state index in [4.69, 9.17) is 0 Å². The fourth-order valence-corrected chi connectivity index (χ4v) is 2.36. The minimum absolute atomic E-state index is 0. The molecule has 4 nitrogen and oxygen atoms in total. The minimum atomic E-state index is 0. The number of allylic oxidation sites excluding steroid dienone is 4. The van der Waals surface area contributed by atoms with Gasteiger partial charge in [-0.3, -0.25) is 0 Å². The zero-order chi connectivity index (χ0) is 21.1. The number of hydrogen-bond donors (Lipinski definition) is 0. The summed E-state index contributed by atoms with van der Waals surface area (Å²) in [7, 11) is 8.01. The van der Waals surface area contributed by atoms with Gasteiger partial charge in [0.2, 0.25) is 13.3 Å². The Morgan fingerprint density at radius 1 is 0.414 bits per heavy atom. The Morgan fingerprint density at radius 3 is 0.621 bits per heavy atom. The van der Waals surface area contributed by atoms with E-state index in [0.717, 1.165) is 0 Å². The van der Waals surface area contributed by atoms with Crippen molar-refractivity contribution in [2.24, 2.45) is 0 Å². The second-order valence-electron chi connectivity index (χ2n) is 6.70. The third-order valence-corrected chi connectivity index (χ3v) is 4.77. The summed E-state index contributed by atoms with van der Waals surface area (Å²) in [6.45, 7) is 14.6. The summed E-state index contributed by atoms with van der Waals surface area (Å²) in [5, 5.41) is 0. The Balaban J connectivity index is 0.000000369. The molecule has 2 aliphatic carbocycles. The van der Waals surface area contributed by atoms with Crippen LogP contribution in [0.1, 0.15) is 27.7 Å². The zero-order valence-electron chi connectivity index (χ0n) is 19.0. The Kier molecular flexibility index (Phi) is 14.7. The van der Waals surface area contributed by atoms with E-state index in [0.29, 0.717) is 0 Å². The molecule has 4 rings (SSSR count). The van der Waals surface area contributed by atoms with Gasteiger partial charge < -0.3 is 19.6 Å². The molecule has 4 aliphatic rings. The Labute approximate surface area is 193 Å². The van der Waals surface area contributed by atoms with Crippen molar-refractivity contribution in [3.05, 3.63) is 100 Å². The van der Waals surface area contributed by atoms with Crippen molar-refractivity contribution in [1.82, 2.24) is 19.6 Å². The van der Waals surface area contributed by atoms with Gasteiger partial charge in [-0.2, -0.15) is 0 Å². The molecule has 0 saturated heterocycles. The molecule has 0 bridgehead atoms. The standard InChI is InChI=1S/2C7H12N2.2C5H5.Cr/c2*1-6-7(2)9(4)5-8(6)3;2*1-2-4-5-3-1;/h2*1-4H3;2*1-5H;/q;;;;+2. The van der Waals surface area contributed by atoms with E-state index in [1.54, 1.807) is 0 Å². The molecular formula is C24H34CrN4+2. The molecule has 154 valence electrons. The monoisotopic (exact) mass is 430 g/mol. The van der Waals surface area contributed by atoms with Crippen molar-refractivity contribution in [3.8, 4) is 0 Å². The van der Waals surface area contributed by atoms with Crippen LogP contribution in [0.5, 0.6) is 0 Å². The third kappa shape index (κ3) is 10.2. The molecule has 0 aromatic carbocycles. The van der Waals surface area contributed by atoms with E-state index < -0.39 is 0 Å². The summed E-state index contributed by atoms with van der Waals surface area (Å²) in [5.74, 6) is 0. The van der Waals surface area contributed by atoms with Crippen LogP contribution < -0.4 is 0 Å². The van der Waals surface area contributed by atoms with Crippen molar-refractivity contribution in [2.75, 3.05) is 28.2 Å². The quantitative estimate of drug-likeness (QED) is 0.569. The van der Waals surface area contributed by atoms with Crippen LogP contribution in [0.25, 0.3) is 0 Å². The molecule has 29 heavy (non-hydrogen) atoms. The van der Waals surface area contributed by atoms with Crippen LogP contribution in [0.15, 0.2) is 22.8 Å². The largest absolute Gasteiger partial charge is 2.00 e. The minimum Gasteiger partial charge on any atom is -0.347 e. The normalized spacial score (nSPS) is 20.7. The van der Waals surface area contributed by atoms with Gasteiger partial charge in [0.05, 0.1) is 0 Å². The van der Waals surface area contributed by atoms with Crippen LogP contribution in [0.2, 0.25) is 0 Å². The van der Waals surface area contributed by atoms with E-state index in [2.05, 4.69) is 41.0 Å². The van der Waals surface area contributed by atoms with Crippen LogP contribution in [0.3, 0.4) is 0 Å². The van der Waals surface area contributed by atoms with Gasteiger partial charge in [-0.05, 0) is 91.9 Å². The van der Waals surface area contributed by atoms with Crippen molar-refractivity contribution in [1.29, 1.82) is 0 Å². The molecule has 2 saturated carbocycles. The van der Waals surface area contributed by atoms with E-state index in [9.17, 15) is 0 Å². The van der Waals surface area contributed by atoms with Crippen molar-refractivity contribution < 1.29 is 17.4 Å². The van der Waals surface area contributed by atoms with Gasteiger partial charge in [-0.15, -0.1) is 0 Å². The number of hydrogen-bond acceptors (Lipinski definition) is 4. The maximum Gasteiger partial charge on any atom is 2.00 e. The van der Waals surface area contributed by atoms with Gasteiger partial charge in [0, 0.05) is 51.0 Å². The van der Waals surface area contributed by atoms with Crippen molar-refractivity contribution in [3.63, 3.8) is 0 Å². The predicted octanol–water partition coefficient (Wildman–Crippen LogP) is 4.26. The predicted molar refractivity (Wildman–Crippen MR) is 117 cm³/mol. The molecule has 14 radical (unpaired) electrons. The average molecular weight is 431 g/mol. The fourth-order valence-electron chi connectivity index (χ4n) is 2.36. The molecule has 0 atom stereocenters. The van der Waals surface area contributed by atoms with Crippen LogP contribution in [0, 0.1) is 77.5 Å². The molecule has 0 N–H and O–H groups in total. The van der Waals surface area contributed by atoms with Gasteiger partial charge in [0.15, 0.2) is 0 Å². The molecule has 0 spiro atoms. The van der Waals surface area contributed by atoms with Crippen molar-refractivity contribution >= 4 is 0 Å². The maximum atomic E-state index is 3.11. The summed E-state index contributed by atoms with van der Waals surface area (Å²) >= 11 is 0. The average Bonchev–Trinajstić information content (AvgIpc) is 3.47. The molecular weight excluding hydrogens is 396 g/mol. The number of rotatable bonds is 0.